The van der Waals surface area contributed by atoms with Crippen molar-refractivity contribution >= 4 is 0 Å². The lowest BCUT2D eigenvalue weighted by Crippen LogP contribution is -2.13. The topological polar surface area (TPSA) is 30.5 Å². The minimum Gasteiger partial charge on any atom is -0.496 e. The van der Waals surface area contributed by atoms with Gasteiger partial charge >= 0.3 is 0 Å². The van der Waals surface area contributed by atoms with Crippen LogP contribution in [0.15, 0.2) is 12.1 Å². The number of rotatable bonds is 4. The van der Waals surface area contributed by atoms with Gasteiger partial charge in [-0.05, 0) is 38.9 Å². The molecule has 2 rings (SSSR count). The quantitative estimate of drug-likeness (QED) is 0.909. The molecule has 0 spiro atoms. The molecule has 4 heteroatoms. The highest BCUT2D eigenvalue weighted by Crippen LogP contribution is 2.41. The zero-order chi connectivity index (χ0) is 14.0. The van der Waals surface area contributed by atoms with Gasteiger partial charge in [-0.25, -0.2) is 4.39 Å². The maximum Gasteiger partial charge on any atom is 0.134 e. The fraction of sp³-hybridized carbons (Fsp3) is 0.600. The third-order valence-corrected chi connectivity index (χ3v) is 3.69. The summed E-state index contributed by atoms with van der Waals surface area (Å²) in [6.45, 7) is 4.99. The van der Waals surface area contributed by atoms with Gasteiger partial charge in [0.2, 0.25) is 0 Å². The van der Waals surface area contributed by atoms with Crippen LogP contribution in [0.4, 0.5) is 4.39 Å². The summed E-state index contributed by atoms with van der Waals surface area (Å²) in [5.74, 6) is 1.74. The molecule has 19 heavy (non-hydrogen) atoms. The van der Waals surface area contributed by atoms with Gasteiger partial charge in [-0.15, -0.1) is 0 Å². The van der Waals surface area contributed by atoms with E-state index in [2.05, 4.69) is 5.32 Å². The second-order valence-corrected chi connectivity index (χ2v) is 5.46. The van der Waals surface area contributed by atoms with Gasteiger partial charge in [0.05, 0.1) is 14.2 Å². The predicted molar refractivity (Wildman–Crippen MR) is 73.9 cm³/mol. The van der Waals surface area contributed by atoms with Crippen LogP contribution < -0.4 is 14.8 Å². The van der Waals surface area contributed by atoms with Gasteiger partial charge in [0.15, 0.2) is 0 Å². The van der Waals surface area contributed by atoms with Gasteiger partial charge in [-0.2, -0.15) is 0 Å². The number of halogens is 1. The first-order valence-electron chi connectivity index (χ1n) is 6.63. The number of nitrogens with one attached hydrogen (secondary N) is 1. The number of hydrogen-bond donors (Lipinski definition) is 1. The third-order valence-electron chi connectivity index (χ3n) is 3.69. The Hall–Kier alpha value is -1.29. The molecule has 0 amide bonds. The molecule has 1 aliphatic heterocycles. The molecule has 3 nitrogen and oxygen atoms in total. The highest BCUT2D eigenvalue weighted by molar-refractivity contribution is 5.50. The summed E-state index contributed by atoms with van der Waals surface area (Å²) in [5, 5.41) is 3.33. The molecule has 1 N–H and O–H groups in total. The van der Waals surface area contributed by atoms with E-state index in [1.54, 1.807) is 20.3 Å². The van der Waals surface area contributed by atoms with E-state index in [4.69, 9.17) is 9.47 Å². The SMILES string of the molecule is COc1cc(C(C)(C)F)c(OC)cc1C1CCNC1. The molecule has 1 saturated heterocycles. The lowest BCUT2D eigenvalue weighted by Gasteiger charge is -2.22. The minimum absolute atomic E-state index is 0.403. The smallest absolute Gasteiger partial charge is 0.134 e. The van der Waals surface area contributed by atoms with E-state index in [0.29, 0.717) is 17.2 Å². The Morgan fingerprint density at radius 2 is 1.89 bits per heavy atom. The molecule has 106 valence electrons. The molecular weight excluding hydrogens is 245 g/mol. The van der Waals surface area contributed by atoms with Crippen molar-refractivity contribution in [3.8, 4) is 11.5 Å². The first-order valence-corrected chi connectivity index (χ1v) is 6.63. The summed E-state index contributed by atoms with van der Waals surface area (Å²) in [4.78, 5) is 0. The molecule has 0 aliphatic carbocycles. The van der Waals surface area contributed by atoms with Crippen LogP contribution in [0.3, 0.4) is 0 Å². The Bertz CT molecular complexity index is 448. The van der Waals surface area contributed by atoms with Gasteiger partial charge in [0.25, 0.3) is 0 Å². The molecule has 1 aliphatic rings. The van der Waals surface area contributed by atoms with E-state index in [1.807, 2.05) is 6.07 Å². The number of ether oxygens (including phenoxy) is 2. The average Bonchev–Trinajstić information content (AvgIpc) is 2.89. The van der Waals surface area contributed by atoms with E-state index in [-0.39, 0.29) is 0 Å². The largest absolute Gasteiger partial charge is 0.496 e. The maximum absolute atomic E-state index is 14.2. The van der Waals surface area contributed by atoms with Crippen LogP contribution in [-0.2, 0) is 5.67 Å². The van der Waals surface area contributed by atoms with Gasteiger partial charge in [-0.1, -0.05) is 0 Å². The molecule has 0 aromatic heterocycles. The Kier molecular flexibility index (Phi) is 3.99. The molecule has 1 fully saturated rings. The van der Waals surface area contributed by atoms with E-state index in [1.165, 1.54) is 13.8 Å². The van der Waals surface area contributed by atoms with Crippen molar-refractivity contribution in [1.29, 1.82) is 0 Å². The Labute approximate surface area is 114 Å². The normalized spacial score (nSPS) is 19.5. The van der Waals surface area contributed by atoms with E-state index < -0.39 is 5.67 Å². The van der Waals surface area contributed by atoms with E-state index >= 15 is 0 Å². The number of benzene rings is 1. The second kappa shape index (κ2) is 5.37. The van der Waals surface area contributed by atoms with Crippen molar-refractivity contribution in [2.24, 2.45) is 0 Å². The lowest BCUT2D eigenvalue weighted by molar-refractivity contribution is 0.212. The number of methoxy groups -OCH3 is 2. The zero-order valence-corrected chi connectivity index (χ0v) is 12.0. The summed E-state index contributed by atoms with van der Waals surface area (Å²) < 4.78 is 25.0. The van der Waals surface area contributed by atoms with E-state index in [9.17, 15) is 4.39 Å². The average molecular weight is 267 g/mol. The molecule has 1 unspecified atom stereocenters. The fourth-order valence-corrected chi connectivity index (χ4v) is 2.63. The summed E-state index contributed by atoms with van der Waals surface area (Å²) in [6, 6.07) is 3.69. The molecule has 1 heterocycles. The summed E-state index contributed by atoms with van der Waals surface area (Å²) in [6.07, 6.45) is 1.07. The standard InChI is InChI=1S/C15H22FNO2/c1-15(2,16)12-8-13(18-3)11(7-14(12)19-4)10-5-6-17-9-10/h7-8,10,17H,5-6,9H2,1-4H3. The molecule has 1 atom stereocenters. The van der Waals surface area contributed by atoms with Crippen molar-refractivity contribution in [2.75, 3.05) is 27.3 Å². The van der Waals surface area contributed by atoms with Gasteiger partial charge in [0.1, 0.15) is 17.2 Å². The monoisotopic (exact) mass is 267 g/mol. The molecule has 0 saturated carbocycles. The summed E-state index contributed by atoms with van der Waals surface area (Å²) in [7, 11) is 3.20. The van der Waals surface area contributed by atoms with Crippen LogP contribution >= 0.6 is 0 Å². The number of hydrogen-bond acceptors (Lipinski definition) is 3. The first-order chi connectivity index (χ1) is 8.97. The summed E-state index contributed by atoms with van der Waals surface area (Å²) >= 11 is 0. The third kappa shape index (κ3) is 2.84. The van der Waals surface area contributed by atoms with Crippen LogP contribution in [0.1, 0.15) is 37.3 Å². The van der Waals surface area contributed by atoms with E-state index in [0.717, 1.165) is 30.8 Å². The number of alkyl halides is 1. The van der Waals surface area contributed by atoms with Crippen LogP contribution in [0.2, 0.25) is 0 Å². The maximum atomic E-state index is 14.2. The van der Waals surface area contributed by atoms with Crippen LogP contribution in [0.25, 0.3) is 0 Å². The fourth-order valence-electron chi connectivity index (χ4n) is 2.63. The highest BCUT2D eigenvalue weighted by Gasteiger charge is 2.28. The van der Waals surface area contributed by atoms with Gasteiger partial charge < -0.3 is 14.8 Å². The highest BCUT2D eigenvalue weighted by atomic mass is 19.1. The first kappa shape index (κ1) is 14.1. The predicted octanol–water partition coefficient (Wildman–Crippen LogP) is 2.99. The molecule has 1 aromatic rings. The van der Waals surface area contributed by atoms with Crippen LogP contribution in [0, 0.1) is 0 Å². The Morgan fingerprint density at radius 1 is 1.21 bits per heavy atom. The molecular formula is C15H22FNO2. The van der Waals surface area contributed by atoms with Crippen molar-refractivity contribution in [3.05, 3.63) is 23.3 Å². The summed E-state index contributed by atoms with van der Waals surface area (Å²) in [5.41, 5.74) is 0.171. The van der Waals surface area contributed by atoms with Crippen LogP contribution in [-0.4, -0.2) is 27.3 Å². The Balaban J connectivity index is 2.50. The molecule has 0 radical (unpaired) electrons. The molecule has 1 aromatic carbocycles. The van der Waals surface area contributed by atoms with Crippen molar-refractivity contribution in [2.45, 2.75) is 31.9 Å². The zero-order valence-electron chi connectivity index (χ0n) is 12.0. The van der Waals surface area contributed by atoms with Crippen molar-refractivity contribution in [1.82, 2.24) is 5.32 Å². The molecule has 0 bridgehead atoms. The lowest BCUT2D eigenvalue weighted by atomic mass is 9.91. The van der Waals surface area contributed by atoms with Gasteiger partial charge in [0, 0.05) is 23.6 Å². The second-order valence-electron chi connectivity index (χ2n) is 5.46. The van der Waals surface area contributed by atoms with Crippen molar-refractivity contribution < 1.29 is 13.9 Å². The van der Waals surface area contributed by atoms with Crippen LogP contribution in [0.5, 0.6) is 11.5 Å². The minimum atomic E-state index is -1.45. The Morgan fingerprint density at radius 3 is 2.37 bits per heavy atom. The van der Waals surface area contributed by atoms with Crippen molar-refractivity contribution in [3.63, 3.8) is 0 Å². The van der Waals surface area contributed by atoms with Gasteiger partial charge in [-0.3, -0.25) is 0 Å².